The minimum absolute atomic E-state index is 0.0242. The van der Waals surface area contributed by atoms with Crippen LogP contribution in [0.4, 0.5) is 0 Å². The van der Waals surface area contributed by atoms with Crippen LogP contribution in [0.3, 0.4) is 0 Å². The van der Waals surface area contributed by atoms with Crippen molar-refractivity contribution in [2.75, 3.05) is 19.7 Å². The van der Waals surface area contributed by atoms with Gasteiger partial charge in [0.15, 0.2) is 0 Å². The Morgan fingerprint density at radius 1 is 1.45 bits per heavy atom. The number of aliphatic carboxylic acids is 1. The number of carboxylic acids is 1. The highest BCUT2D eigenvalue weighted by molar-refractivity contribution is 7.20. The third-order valence-corrected chi connectivity index (χ3v) is 5.03. The molecule has 122 valence electrons. The van der Waals surface area contributed by atoms with Crippen LogP contribution in [0.5, 0.6) is 0 Å². The highest BCUT2D eigenvalue weighted by Crippen LogP contribution is 2.32. The molecule has 1 aromatic rings. The summed E-state index contributed by atoms with van der Waals surface area (Å²) in [6.07, 6.45) is 1.31. The highest BCUT2D eigenvalue weighted by atomic mass is 35.5. The zero-order chi connectivity index (χ0) is 16.1. The van der Waals surface area contributed by atoms with Gasteiger partial charge in [0.25, 0.3) is 0 Å². The zero-order valence-electron chi connectivity index (χ0n) is 11.9. The molecular weight excluding hydrogens is 349 g/mol. The second-order valence-corrected chi connectivity index (χ2v) is 7.42. The first-order valence-electron chi connectivity index (χ1n) is 7.00. The maximum atomic E-state index is 12.2. The second-order valence-electron chi connectivity index (χ2n) is 5.13. The van der Waals surface area contributed by atoms with E-state index in [1.807, 2.05) is 6.07 Å². The third kappa shape index (κ3) is 5.12. The lowest BCUT2D eigenvalue weighted by atomic mass is 10.1. The molecule has 2 heterocycles. The van der Waals surface area contributed by atoms with E-state index in [1.165, 1.54) is 11.3 Å². The second kappa shape index (κ2) is 8.15. The number of amides is 1. The maximum Gasteiger partial charge on any atom is 0.306 e. The van der Waals surface area contributed by atoms with E-state index < -0.39 is 12.1 Å². The van der Waals surface area contributed by atoms with Gasteiger partial charge < -0.3 is 14.7 Å². The van der Waals surface area contributed by atoms with E-state index in [-0.39, 0.29) is 12.3 Å². The van der Waals surface area contributed by atoms with Crippen molar-refractivity contribution in [1.82, 2.24) is 4.90 Å². The third-order valence-electron chi connectivity index (χ3n) is 3.46. The van der Waals surface area contributed by atoms with Crippen LogP contribution in [0.25, 0.3) is 0 Å². The Kier molecular flexibility index (Phi) is 6.50. The van der Waals surface area contributed by atoms with Crippen LogP contribution >= 0.6 is 34.5 Å². The molecule has 1 saturated heterocycles. The highest BCUT2D eigenvalue weighted by Gasteiger charge is 2.25. The summed E-state index contributed by atoms with van der Waals surface area (Å²) in [7, 11) is 0. The van der Waals surface area contributed by atoms with Gasteiger partial charge in [0.1, 0.15) is 0 Å². The van der Waals surface area contributed by atoms with E-state index in [1.54, 1.807) is 4.90 Å². The van der Waals surface area contributed by atoms with Crippen molar-refractivity contribution in [2.45, 2.75) is 31.8 Å². The van der Waals surface area contributed by atoms with Crippen LogP contribution in [-0.4, -0.2) is 47.7 Å². The molecule has 1 aromatic heterocycles. The van der Waals surface area contributed by atoms with Crippen LogP contribution < -0.4 is 0 Å². The fourth-order valence-electron chi connectivity index (χ4n) is 2.40. The summed E-state index contributed by atoms with van der Waals surface area (Å²) >= 11 is 13.3. The van der Waals surface area contributed by atoms with Crippen molar-refractivity contribution >= 4 is 46.4 Å². The standard InChI is InChI=1S/C14H17Cl2NO4S/c15-11-6-9(14(16)22-11)2-1-3-12(18)17-4-5-21-10(8-17)7-13(19)20/h6,10H,1-5,7-8H2,(H,19,20)/t10-/m1/s1. The molecule has 1 fully saturated rings. The molecule has 0 aromatic carbocycles. The van der Waals surface area contributed by atoms with Gasteiger partial charge in [-0.3, -0.25) is 9.59 Å². The number of halogens is 2. The number of hydrogen-bond donors (Lipinski definition) is 1. The topological polar surface area (TPSA) is 66.8 Å². The summed E-state index contributed by atoms with van der Waals surface area (Å²) in [4.78, 5) is 24.6. The summed E-state index contributed by atoms with van der Waals surface area (Å²) < 4.78 is 6.68. The Bertz CT molecular complexity index is 549. The van der Waals surface area contributed by atoms with E-state index in [0.29, 0.717) is 47.6 Å². The van der Waals surface area contributed by atoms with Gasteiger partial charge in [0.05, 0.1) is 27.8 Å². The number of nitrogens with zero attached hydrogens (tertiary/aromatic N) is 1. The number of carbonyl (C=O) groups is 2. The molecule has 22 heavy (non-hydrogen) atoms. The molecule has 1 atom stereocenters. The van der Waals surface area contributed by atoms with E-state index in [2.05, 4.69) is 0 Å². The number of ether oxygens (including phenoxy) is 1. The molecule has 8 heteroatoms. The van der Waals surface area contributed by atoms with Crippen molar-refractivity contribution < 1.29 is 19.4 Å². The number of carbonyl (C=O) groups excluding carboxylic acids is 1. The summed E-state index contributed by atoms with van der Waals surface area (Å²) in [5.74, 6) is -0.889. The van der Waals surface area contributed by atoms with Crippen molar-refractivity contribution in [1.29, 1.82) is 0 Å². The van der Waals surface area contributed by atoms with E-state index in [0.717, 1.165) is 5.56 Å². The minimum Gasteiger partial charge on any atom is -0.481 e. The van der Waals surface area contributed by atoms with Gasteiger partial charge in [0, 0.05) is 19.5 Å². The van der Waals surface area contributed by atoms with Crippen molar-refractivity contribution in [2.24, 2.45) is 0 Å². The molecule has 0 bridgehead atoms. The predicted octanol–water partition coefficient (Wildman–Crippen LogP) is 3.08. The van der Waals surface area contributed by atoms with Crippen LogP contribution in [0, 0.1) is 0 Å². The molecule has 1 aliphatic rings. The van der Waals surface area contributed by atoms with E-state index in [4.69, 9.17) is 33.0 Å². The Labute approximate surface area is 142 Å². The normalized spacial score (nSPS) is 18.5. The molecular formula is C14H17Cl2NO4S. The van der Waals surface area contributed by atoms with Crippen LogP contribution in [0.1, 0.15) is 24.8 Å². The molecule has 0 saturated carbocycles. The van der Waals surface area contributed by atoms with Gasteiger partial charge >= 0.3 is 5.97 Å². The first-order chi connectivity index (χ1) is 10.5. The molecule has 0 aliphatic carbocycles. The Morgan fingerprint density at radius 2 is 2.23 bits per heavy atom. The predicted molar refractivity (Wildman–Crippen MR) is 85.8 cm³/mol. The average molecular weight is 366 g/mol. The number of aryl methyl sites for hydroxylation is 1. The van der Waals surface area contributed by atoms with Gasteiger partial charge in [-0.25, -0.2) is 0 Å². The van der Waals surface area contributed by atoms with Gasteiger partial charge in [0.2, 0.25) is 5.91 Å². The van der Waals surface area contributed by atoms with Crippen molar-refractivity contribution in [3.8, 4) is 0 Å². The number of carboxylic acid groups (broad SMARTS) is 1. The Hall–Kier alpha value is -0.820. The van der Waals surface area contributed by atoms with E-state index >= 15 is 0 Å². The number of thiophene rings is 1. The van der Waals surface area contributed by atoms with E-state index in [9.17, 15) is 9.59 Å². The van der Waals surface area contributed by atoms with Crippen LogP contribution in [-0.2, 0) is 20.7 Å². The largest absolute Gasteiger partial charge is 0.481 e. The molecule has 2 rings (SSSR count). The van der Waals surface area contributed by atoms with Gasteiger partial charge in [-0.05, 0) is 24.5 Å². The van der Waals surface area contributed by atoms with Gasteiger partial charge in [-0.15, -0.1) is 11.3 Å². The first kappa shape index (κ1) is 17.5. The van der Waals surface area contributed by atoms with Crippen LogP contribution in [0.15, 0.2) is 6.07 Å². The summed E-state index contributed by atoms with van der Waals surface area (Å²) in [5.41, 5.74) is 0.968. The molecule has 0 radical (unpaired) electrons. The lowest BCUT2D eigenvalue weighted by Crippen LogP contribution is -2.46. The van der Waals surface area contributed by atoms with Crippen molar-refractivity contribution in [3.05, 3.63) is 20.3 Å². The Morgan fingerprint density at radius 3 is 2.86 bits per heavy atom. The molecule has 1 aliphatic heterocycles. The van der Waals surface area contributed by atoms with Gasteiger partial charge in [-0.2, -0.15) is 0 Å². The first-order valence-corrected chi connectivity index (χ1v) is 8.58. The fraction of sp³-hybridized carbons (Fsp3) is 0.571. The lowest BCUT2D eigenvalue weighted by Gasteiger charge is -2.32. The molecule has 0 unspecified atom stereocenters. The summed E-state index contributed by atoms with van der Waals surface area (Å²) in [6.45, 7) is 1.24. The van der Waals surface area contributed by atoms with Gasteiger partial charge in [-0.1, -0.05) is 23.2 Å². The summed E-state index contributed by atoms with van der Waals surface area (Å²) in [6, 6.07) is 1.83. The summed E-state index contributed by atoms with van der Waals surface area (Å²) in [5, 5.41) is 8.78. The molecule has 5 nitrogen and oxygen atoms in total. The number of rotatable bonds is 6. The smallest absolute Gasteiger partial charge is 0.306 e. The number of hydrogen-bond acceptors (Lipinski definition) is 4. The molecule has 0 spiro atoms. The maximum absolute atomic E-state index is 12.2. The number of morpholine rings is 1. The zero-order valence-corrected chi connectivity index (χ0v) is 14.2. The minimum atomic E-state index is -0.914. The van der Waals surface area contributed by atoms with Crippen LogP contribution in [0.2, 0.25) is 8.67 Å². The Balaban J connectivity index is 1.77. The SMILES string of the molecule is O=C(O)C[C@@H]1CN(C(=O)CCCc2cc(Cl)sc2Cl)CCO1. The lowest BCUT2D eigenvalue weighted by molar-refractivity contribution is -0.147. The van der Waals surface area contributed by atoms with Crippen molar-refractivity contribution in [3.63, 3.8) is 0 Å². The average Bonchev–Trinajstić information content (AvgIpc) is 2.76. The quantitative estimate of drug-likeness (QED) is 0.840. The molecule has 1 N–H and O–H groups in total. The fourth-order valence-corrected chi connectivity index (χ4v) is 3.94. The molecule has 1 amide bonds. The monoisotopic (exact) mass is 365 g/mol.